The van der Waals surface area contributed by atoms with Crippen LogP contribution in [0.15, 0.2) is 30.5 Å². The lowest BCUT2D eigenvalue weighted by atomic mass is 10.0. The number of rotatable bonds is 5. The van der Waals surface area contributed by atoms with E-state index in [2.05, 4.69) is 74.6 Å². The molecule has 1 atom stereocenters. The molecule has 0 aliphatic heterocycles. The SMILES string of the molecule is CCn1ncc(C(C)NC(=S)Nc2ccc(C(C)C)cc2)c1C. The molecule has 0 amide bonds. The fourth-order valence-electron chi connectivity index (χ4n) is 2.60. The minimum Gasteiger partial charge on any atom is -0.356 e. The summed E-state index contributed by atoms with van der Waals surface area (Å²) in [5.74, 6) is 0.534. The molecular formula is C18H26N4S. The Balaban J connectivity index is 1.97. The Morgan fingerprint density at radius 2 is 1.87 bits per heavy atom. The van der Waals surface area contributed by atoms with Gasteiger partial charge in [0.2, 0.25) is 0 Å². The predicted octanol–water partition coefficient (Wildman–Crippen LogP) is 4.38. The van der Waals surface area contributed by atoms with Crippen LogP contribution in [0.4, 0.5) is 5.69 Å². The van der Waals surface area contributed by atoms with Crippen LogP contribution in [-0.4, -0.2) is 14.9 Å². The standard InChI is InChI=1S/C18H26N4S/c1-6-22-14(5)17(11-19-22)13(4)20-18(23)21-16-9-7-15(8-10-16)12(2)3/h7-13H,6H2,1-5H3,(H2,20,21,23). The van der Waals surface area contributed by atoms with Gasteiger partial charge in [0.1, 0.15) is 0 Å². The Bertz CT molecular complexity index is 658. The van der Waals surface area contributed by atoms with Crippen LogP contribution in [0.3, 0.4) is 0 Å². The second-order valence-corrected chi connectivity index (χ2v) is 6.51. The van der Waals surface area contributed by atoms with Crippen molar-refractivity contribution in [2.45, 2.75) is 53.1 Å². The molecule has 1 aromatic heterocycles. The molecule has 23 heavy (non-hydrogen) atoms. The lowest BCUT2D eigenvalue weighted by Gasteiger charge is -2.17. The second-order valence-electron chi connectivity index (χ2n) is 6.10. The molecule has 0 fully saturated rings. The number of hydrogen-bond donors (Lipinski definition) is 2. The summed E-state index contributed by atoms with van der Waals surface area (Å²) >= 11 is 5.43. The first-order valence-corrected chi connectivity index (χ1v) is 8.53. The molecule has 4 nitrogen and oxygen atoms in total. The summed E-state index contributed by atoms with van der Waals surface area (Å²) in [7, 11) is 0. The van der Waals surface area contributed by atoms with Crippen molar-refractivity contribution in [3.8, 4) is 0 Å². The van der Waals surface area contributed by atoms with Crippen LogP contribution < -0.4 is 10.6 Å². The molecule has 0 radical (unpaired) electrons. The summed E-state index contributed by atoms with van der Waals surface area (Å²) in [4.78, 5) is 0. The van der Waals surface area contributed by atoms with E-state index < -0.39 is 0 Å². The zero-order chi connectivity index (χ0) is 17.0. The van der Waals surface area contributed by atoms with E-state index in [4.69, 9.17) is 12.2 Å². The molecule has 0 spiro atoms. The minimum atomic E-state index is 0.116. The summed E-state index contributed by atoms with van der Waals surface area (Å²) in [6.45, 7) is 11.5. The van der Waals surface area contributed by atoms with E-state index >= 15 is 0 Å². The van der Waals surface area contributed by atoms with E-state index in [1.807, 2.05) is 10.9 Å². The first-order chi connectivity index (χ1) is 10.9. The first-order valence-electron chi connectivity index (χ1n) is 8.12. The minimum absolute atomic E-state index is 0.116. The highest BCUT2D eigenvalue weighted by Gasteiger charge is 2.13. The van der Waals surface area contributed by atoms with Gasteiger partial charge in [-0.05, 0) is 56.6 Å². The Morgan fingerprint density at radius 1 is 1.22 bits per heavy atom. The molecule has 124 valence electrons. The molecular weight excluding hydrogens is 304 g/mol. The lowest BCUT2D eigenvalue weighted by molar-refractivity contribution is 0.633. The number of nitrogens with zero attached hydrogens (tertiary/aromatic N) is 2. The Morgan fingerprint density at radius 3 is 2.39 bits per heavy atom. The van der Waals surface area contributed by atoms with Crippen molar-refractivity contribution in [1.82, 2.24) is 15.1 Å². The molecule has 1 unspecified atom stereocenters. The van der Waals surface area contributed by atoms with Crippen LogP contribution in [0.25, 0.3) is 0 Å². The lowest BCUT2D eigenvalue weighted by Crippen LogP contribution is -2.31. The van der Waals surface area contributed by atoms with Crippen LogP contribution in [-0.2, 0) is 6.54 Å². The average Bonchev–Trinajstić information content (AvgIpc) is 2.88. The average molecular weight is 331 g/mol. The summed E-state index contributed by atoms with van der Waals surface area (Å²) in [5.41, 5.74) is 4.67. The summed E-state index contributed by atoms with van der Waals surface area (Å²) in [6, 6.07) is 8.51. The molecule has 5 heteroatoms. The quantitative estimate of drug-likeness (QED) is 0.798. The smallest absolute Gasteiger partial charge is 0.171 e. The van der Waals surface area contributed by atoms with Gasteiger partial charge in [-0.15, -0.1) is 0 Å². The third kappa shape index (κ3) is 4.32. The largest absolute Gasteiger partial charge is 0.356 e. The van der Waals surface area contributed by atoms with E-state index in [1.54, 1.807) is 0 Å². The topological polar surface area (TPSA) is 41.9 Å². The Labute approximate surface area is 144 Å². The maximum atomic E-state index is 5.43. The van der Waals surface area contributed by atoms with Crippen molar-refractivity contribution in [3.63, 3.8) is 0 Å². The number of nitrogens with one attached hydrogen (secondary N) is 2. The van der Waals surface area contributed by atoms with Gasteiger partial charge in [0.05, 0.1) is 12.2 Å². The van der Waals surface area contributed by atoms with Crippen molar-refractivity contribution in [1.29, 1.82) is 0 Å². The van der Waals surface area contributed by atoms with Crippen LogP contribution in [0.1, 0.15) is 56.5 Å². The molecule has 2 aromatic rings. The molecule has 2 N–H and O–H groups in total. The molecule has 0 aliphatic rings. The fraction of sp³-hybridized carbons (Fsp3) is 0.444. The van der Waals surface area contributed by atoms with Gasteiger partial charge in [-0.2, -0.15) is 5.10 Å². The Kier molecular flexibility index (Phi) is 5.77. The molecule has 1 heterocycles. The van der Waals surface area contributed by atoms with Crippen molar-refractivity contribution >= 4 is 23.0 Å². The van der Waals surface area contributed by atoms with Crippen molar-refractivity contribution in [3.05, 3.63) is 47.3 Å². The summed E-state index contributed by atoms with van der Waals surface area (Å²) < 4.78 is 1.99. The normalized spacial score (nSPS) is 12.3. The third-order valence-electron chi connectivity index (χ3n) is 4.09. The fourth-order valence-corrected chi connectivity index (χ4v) is 2.89. The van der Waals surface area contributed by atoms with Gasteiger partial charge in [0.25, 0.3) is 0 Å². The van der Waals surface area contributed by atoms with Crippen molar-refractivity contribution < 1.29 is 0 Å². The number of aromatic nitrogens is 2. The van der Waals surface area contributed by atoms with E-state index in [-0.39, 0.29) is 6.04 Å². The van der Waals surface area contributed by atoms with Crippen molar-refractivity contribution in [2.75, 3.05) is 5.32 Å². The molecule has 0 saturated carbocycles. The first kappa shape index (κ1) is 17.5. The summed E-state index contributed by atoms with van der Waals surface area (Å²) in [5, 5.41) is 11.6. The van der Waals surface area contributed by atoms with E-state index in [1.165, 1.54) is 16.8 Å². The van der Waals surface area contributed by atoms with Gasteiger partial charge < -0.3 is 10.6 Å². The molecule has 0 aliphatic carbocycles. The maximum Gasteiger partial charge on any atom is 0.171 e. The molecule has 0 saturated heterocycles. The number of benzene rings is 1. The number of hydrogen-bond acceptors (Lipinski definition) is 2. The highest BCUT2D eigenvalue weighted by Crippen LogP contribution is 2.19. The third-order valence-corrected chi connectivity index (χ3v) is 4.31. The van der Waals surface area contributed by atoms with E-state index in [9.17, 15) is 0 Å². The van der Waals surface area contributed by atoms with Gasteiger partial charge in [0.15, 0.2) is 5.11 Å². The number of thiocarbonyl (C=S) groups is 1. The second kappa shape index (κ2) is 7.59. The molecule has 0 bridgehead atoms. The molecule has 1 aromatic carbocycles. The van der Waals surface area contributed by atoms with Gasteiger partial charge in [0, 0.05) is 23.5 Å². The van der Waals surface area contributed by atoms with Crippen molar-refractivity contribution in [2.24, 2.45) is 0 Å². The highest BCUT2D eigenvalue weighted by molar-refractivity contribution is 7.80. The zero-order valence-electron chi connectivity index (χ0n) is 14.6. The van der Waals surface area contributed by atoms with Crippen LogP contribution in [0, 0.1) is 6.92 Å². The van der Waals surface area contributed by atoms with Crippen LogP contribution in [0.2, 0.25) is 0 Å². The van der Waals surface area contributed by atoms with Gasteiger partial charge in [-0.3, -0.25) is 4.68 Å². The van der Waals surface area contributed by atoms with Gasteiger partial charge in [-0.1, -0.05) is 26.0 Å². The predicted molar refractivity (Wildman–Crippen MR) is 101 cm³/mol. The number of aryl methyl sites for hydroxylation is 1. The Hall–Kier alpha value is -1.88. The highest BCUT2D eigenvalue weighted by atomic mass is 32.1. The van der Waals surface area contributed by atoms with Gasteiger partial charge >= 0.3 is 0 Å². The van der Waals surface area contributed by atoms with Crippen LogP contribution in [0.5, 0.6) is 0 Å². The number of anilines is 1. The van der Waals surface area contributed by atoms with Crippen LogP contribution >= 0.6 is 12.2 Å². The molecule has 2 rings (SSSR count). The monoisotopic (exact) mass is 330 g/mol. The van der Waals surface area contributed by atoms with Gasteiger partial charge in [-0.25, -0.2) is 0 Å². The van der Waals surface area contributed by atoms with E-state index in [0.29, 0.717) is 11.0 Å². The zero-order valence-corrected chi connectivity index (χ0v) is 15.4. The maximum absolute atomic E-state index is 5.43. The van der Waals surface area contributed by atoms with E-state index in [0.717, 1.165) is 12.2 Å². The summed E-state index contributed by atoms with van der Waals surface area (Å²) in [6.07, 6.45) is 1.91.